The van der Waals surface area contributed by atoms with Crippen molar-refractivity contribution in [3.05, 3.63) is 35.1 Å². The fourth-order valence-electron chi connectivity index (χ4n) is 1.28. The number of carbonyl (C=O) groups is 1. The van der Waals surface area contributed by atoms with Gasteiger partial charge < -0.3 is 10.8 Å². The molecule has 0 saturated heterocycles. The number of hydrogen-bond donors (Lipinski definition) is 2. The minimum absolute atomic E-state index is 0.00865. The summed E-state index contributed by atoms with van der Waals surface area (Å²) in [6.07, 6.45) is 0.941. The third kappa shape index (κ3) is 2.53. The molecule has 0 saturated carbocycles. The van der Waals surface area contributed by atoms with Gasteiger partial charge in [0.25, 0.3) is 0 Å². The number of halogens is 1. The number of hydrogen-bond acceptors (Lipinski definition) is 2. The molecule has 3 N–H and O–H groups in total. The van der Waals surface area contributed by atoms with Crippen LogP contribution >= 0.6 is 0 Å². The lowest BCUT2D eigenvalue weighted by Crippen LogP contribution is -2.14. The Hall–Kier alpha value is -1.42. The lowest BCUT2D eigenvalue weighted by Gasteiger charge is -2.05. The van der Waals surface area contributed by atoms with Gasteiger partial charge in [0.15, 0.2) is 0 Å². The van der Waals surface area contributed by atoms with Crippen LogP contribution in [0, 0.1) is 5.82 Å². The highest BCUT2D eigenvalue weighted by Gasteiger charge is 2.08. The minimum atomic E-state index is -0.571. The zero-order valence-electron chi connectivity index (χ0n) is 7.66. The van der Waals surface area contributed by atoms with E-state index >= 15 is 0 Å². The molecule has 4 heteroatoms. The molecule has 0 aliphatic carbocycles. The molecule has 1 aromatic carbocycles. The zero-order valence-corrected chi connectivity index (χ0v) is 7.66. The largest absolute Gasteiger partial charge is 0.396 e. The molecule has 0 heterocycles. The molecule has 1 aromatic rings. The Balaban J connectivity index is 2.97. The number of aliphatic hydroxyl groups excluding tert-OH is 1. The fourth-order valence-corrected chi connectivity index (χ4v) is 1.28. The fraction of sp³-hybridized carbons (Fsp3) is 0.300. The summed E-state index contributed by atoms with van der Waals surface area (Å²) in [6, 6.07) is 3.84. The number of carbonyl (C=O) groups excluding carboxylic acids is 1. The molecule has 3 nitrogen and oxygen atoms in total. The van der Waals surface area contributed by atoms with Crippen molar-refractivity contribution in [1.82, 2.24) is 0 Å². The molecule has 1 amide bonds. The first kappa shape index (κ1) is 10.7. The highest BCUT2D eigenvalue weighted by atomic mass is 19.1. The lowest BCUT2D eigenvalue weighted by molar-refractivity contribution is 0.0999. The average molecular weight is 197 g/mol. The van der Waals surface area contributed by atoms with Crippen LogP contribution in [-0.4, -0.2) is 17.6 Å². The molecular formula is C10H12FNO2. The molecule has 0 spiro atoms. The quantitative estimate of drug-likeness (QED) is 0.751. The molecule has 76 valence electrons. The molecule has 0 aliphatic rings. The molecule has 0 bridgehead atoms. The van der Waals surface area contributed by atoms with E-state index in [2.05, 4.69) is 0 Å². The van der Waals surface area contributed by atoms with Gasteiger partial charge in [0.2, 0.25) is 5.91 Å². The summed E-state index contributed by atoms with van der Waals surface area (Å²) in [6.45, 7) is 0.00865. The van der Waals surface area contributed by atoms with Crippen LogP contribution in [0.1, 0.15) is 22.3 Å². The Morgan fingerprint density at radius 2 is 2.21 bits per heavy atom. The van der Waals surface area contributed by atoms with Crippen LogP contribution in [0.3, 0.4) is 0 Å². The molecule has 1 rings (SSSR count). The van der Waals surface area contributed by atoms with Gasteiger partial charge in [0.05, 0.1) is 0 Å². The molecule has 0 fully saturated rings. The van der Waals surface area contributed by atoms with Gasteiger partial charge in [-0.15, -0.1) is 0 Å². The third-order valence-electron chi connectivity index (χ3n) is 1.94. The first-order chi connectivity index (χ1) is 6.65. The summed E-state index contributed by atoms with van der Waals surface area (Å²) >= 11 is 0. The van der Waals surface area contributed by atoms with Crippen molar-refractivity contribution in [2.24, 2.45) is 5.73 Å². The Bertz CT molecular complexity index is 339. The van der Waals surface area contributed by atoms with E-state index in [1.54, 1.807) is 0 Å². The van der Waals surface area contributed by atoms with Gasteiger partial charge in [0, 0.05) is 12.2 Å². The maximum atomic E-state index is 12.8. The van der Waals surface area contributed by atoms with E-state index in [0.717, 1.165) is 0 Å². The lowest BCUT2D eigenvalue weighted by atomic mass is 10.0. The van der Waals surface area contributed by atoms with Crippen LogP contribution in [0.25, 0.3) is 0 Å². The molecular weight excluding hydrogens is 185 g/mol. The topological polar surface area (TPSA) is 63.3 Å². The van der Waals surface area contributed by atoms with Gasteiger partial charge in [-0.3, -0.25) is 4.79 Å². The van der Waals surface area contributed by atoms with Crippen molar-refractivity contribution in [3.8, 4) is 0 Å². The van der Waals surface area contributed by atoms with Crippen LogP contribution in [-0.2, 0) is 6.42 Å². The predicted molar refractivity (Wildman–Crippen MR) is 50.3 cm³/mol. The molecule has 0 aromatic heterocycles. The first-order valence-electron chi connectivity index (χ1n) is 4.34. The van der Waals surface area contributed by atoms with Gasteiger partial charge in [0.1, 0.15) is 5.82 Å². The van der Waals surface area contributed by atoms with Gasteiger partial charge in [-0.25, -0.2) is 4.39 Å². The monoisotopic (exact) mass is 197 g/mol. The van der Waals surface area contributed by atoms with Gasteiger partial charge in [-0.05, 0) is 36.6 Å². The summed E-state index contributed by atoms with van der Waals surface area (Å²) in [4.78, 5) is 10.9. The Morgan fingerprint density at radius 1 is 1.50 bits per heavy atom. The summed E-state index contributed by atoms with van der Waals surface area (Å²) in [5.41, 5.74) is 5.98. The van der Waals surface area contributed by atoms with Gasteiger partial charge >= 0.3 is 0 Å². The van der Waals surface area contributed by atoms with E-state index in [0.29, 0.717) is 24.0 Å². The van der Waals surface area contributed by atoms with E-state index in [4.69, 9.17) is 10.8 Å². The second-order valence-electron chi connectivity index (χ2n) is 2.99. The van der Waals surface area contributed by atoms with E-state index in [1.165, 1.54) is 18.2 Å². The number of aryl methyl sites for hydroxylation is 1. The van der Waals surface area contributed by atoms with Crippen molar-refractivity contribution in [2.75, 3.05) is 6.61 Å². The van der Waals surface area contributed by atoms with Crippen LogP contribution in [0.5, 0.6) is 0 Å². The van der Waals surface area contributed by atoms with E-state index in [1.807, 2.05) is 0 Å². The minimum Gasteiger partial charge on any atom is -0.396 e. The van der Waals surface area contributed by atoms with Crippen LogP contribution in [0.2, 0.25) is 0 Å². The van der Waals surface area contributed by atoms with Gasteiger partial charge in [-0.2, -0.15) is 0 Å². The molecule has 0 aliphatic heterocycles. The predicted octanol–water partition coefficient (Wildman–Crippen LogP) is 0.849. The zero-order chi connectivity index (χ0) is 10.6. The van der Waals surface area contributed by atoms with Crippen LogP contribution < -0.4 is 5.73 Å². The highest BCUT2D eigenvalue weighted by molar-refractivity contribution is 5.94. The smallest absolute Gasteiger partial charge is 0.248 e. The number of aliphatic hydroxyl groups is 1. The highest BCUT2D eigenvalue weighted by Crippen LogP contribution is 2.12. The SMILES string of the molecule is NC(=O)c1ccc(F)cc1CCCO. The van der Waals surface area contributed by atoms with E-state index in [-0.39, 0.29) is 6.61 Å². The maximum Gasteiger partial charge on any atom is 0.248 e. The Labute approximate surface area is 81.4 Å². The van der Waals surface area contributed by atoms with Crippen LogP contribution in [0.15, 0.2) is 18.2 Å². The number of primary amides is 1. The average Bonchev–Trinajstić information content (AvgIpc) is 2.14. The molecule has 0 unspecified atom stereocenters. The van der Waals surface area contributed by atoms with E-state index < -0.39 is 11.7 Å². The number of nitrogens with two attached hydrogens (primary N) is 1. The molecule has 14 heavy (non-hydrogen) atoms. The Morgan fingerprint density at radius 3 is 2.79 bits per heavy atom. The van der Waals surface area contributed by atoms with Crippen molar-refractivity contribution >= 4 is 5.91 Å². The third-order valence-corrected chi connectivity index (χ3v) is 1.94. The maximum absolute atomic E-state index is 12.8. The standard InChI is InChI=1S/C10H12FNO2/c11-8-3-4-9(10(12)14)7(6-8)2-1-5-13/h3-4,6,13H,1-2,5H2,(H2,12,14). The van der Waals surface area contributed by atoms with Gasteiger partial charge in [-0.1, -0.05) is 0 Å². The number of rotatable bonds is 4. The summed E-state index contributed by atoms with van der Waals surface area (Å²) < 4.78 is 12.8. The second kappa shape index (κ2) is 4.72. The van der Waals surface area contributed by atoms with Crippen molar-refractivity contribution in [2.45, 2.75) is 12.8 Å². The van der Waals surface area contributed by atoms with Crippen molar-refractivity contribution in [1.29, 1.82) is 0 Å². The first-order valence-corrected chi connectivity index (χ1v) is 4.34. The summed E-state index contributed by atoms with van der Waals surface area (Å²) in [5, 5.41) is 8.62. The number of amides is 1. The van der Waals surface area contributed by atoms with E-state index in [9.17, 15) is 9.18 Å². The normalized spacial score (nSPS) is 10.1. The molecule has 0 atom stereocenters. The van der Waals surface area contributed by atoms with Crippen molar-refractivity contribution in [3.63, 3.8) is 0 Å². The second-order valence-corrected chi connectivity index (χ2v) is 2.99. The number of benzene rings is 1. The Kier molecular flexibility index (Phi) is 3.59. The van der Waals surface area contributed by atoms with Crippen molar-refractivity contribution < 1.29 is 14.3 Å². The summed E-state index contributed by atoms with van der Waals surface area (Å²) in [7, 11) is 0. The van der Waals surface area contributed by atoms with Crippen LogP contribution in [0.4, 0.5) is 4.39 Å². The molecule has 0 radical (unpaired) electrons. The summed E-state index contributed by atoms with van der Waals surface area (Å²) in [5.74, 6) is -0.971.